The first-order valence-electron chi connectivity index (χ1n) is 2.25. The maximum Gasteiger partial charge on any atom is 0.196 e. The number of thiol groups is 1. The van der Waals surface area contributed by atoms with Crippen LogP contribution in [0.15, 0.2) is 13.5 Å². The highest BCUT2D eigenvalue weighted by Crippen LogP contribution is 2.91. The molecule has 0 radical (unpaired) electrons. The van der Waals surface area contributed by atoms with E-state index in [2.05, 4.69) is 136 Å². The average molecular weight is 803 g/mol. The Morgan fingerprint density at radius 3 is 1.50 bits per heavy atom. The minimum absolute atomic E-state index is 1.48. The third-order valence-electron chi connectivity index (χ3n) is 0.658. The number of rotatable bonds is 0. The van der Waals surface area contributed by atoms with Gasteiger partial charge in [0, 0.05) is 110 Å². The van der Waals surface area contributed by atoms with Crippen molar-refractivity contribution >= 4 is 131 Å². The summed E-state index contributed by atoms with van der Waals surface area (Å²) in [5.41, 5.74) is 0. The summed E-state index contributed by atoms with van der Waals surface area (Å²) in [6.07, 6.45) is 0. The van der Waals surface area contributed by atoms with E-state index in [1.54, 1.807) is 0 Å². The van der Waals surface area contributed by atoms with Crippen LogP contribution in [0, 0.1) is 0 Å². The summed E-state index contributed by atoms with van der Waals surface area (Å²) in [6.45, 7) is 0. The van der Waals surface area contributed by atoms with Gasteiger partial charge in [0.25, 0.3) is 0 Å². The van der Waals surface area contributed by atoms with Gasteiger partial charge in [0.1, 0.15) is 0 Å². The fourth-order valence-electron chi connectivity index (χ4n) is 0.457. The third-order valence-corrected chi connectivity index (χ3v) is 24.7. The Kier molecular flexibility index (Phi) is 6.31. The summed E-state index contributed by atoms with van der Waals surface area (Å²) in [6, 6.07) is 0. The van der Waals surface area contributed by atoms with Gasteiger partial charge in [-0.2, -0.15) is 0 Å². The third kappa shape index (κ3) is 5.35. The van der Waals surface area contributed by atoms with E-state index in [1.807, 2.05) is 0 Å². The van der Waals surface area contributed by atoms with Crippen molar-refractivity contribution in [3.05, 3.63) is 0 Å². The first kappa shape index (κ1) is 14.7. The SMILES string of the molecule is SP1(I)=NP(I)(I)=NP(I)(I)=N1. The summed E-state index contributed by atoms with van der Waals surface area (Å²) >= 11 is 16.1. The van der Waals surface area contributed by atoms with E-state index in [9.17, 15) is 0 Å². The van der Waals surface area contributed by atoms with Crippen molar-refractivity contribution in [2.45, 2.75) is 0 Å². The van der Waals surface area contributed by atoms with Crippen LogP contribution in [0.3, 0.4) is 0 Å². The maximum atomic E-state index is 4.65. The van der Waals surface area contributed by atoms with Crippen molar-refractivity contribution in [1.29, 1.82) is 0 Å². The molecule has 0 saturated heterocycles. The summed E-state index contributed by atoms with van der Waals surface area (Å²) in [7, 11) is 0. The molecule has 0 spiro atoms. The average Bonchev–Trinajstić information content (AvgIpc) is 1.44. The molecule has 0 N–H and O–H groups in total. The summed E-state index contributed by atoms with van der Waals surface area (Å²) in [5, 5.41) is 0. The standard InChI is InChI=1S/HI5N3P3S/c1-9(2)6-10(3,4)8-11(5,12)7-9/h12H. The van der Waals surface area contributed by atoms with Gasteiger partial charge >= 0.3 is 0 Å². The molecule has 1 rings (SSSR count). The molecule has 12 heavy (non-hydrogen) atoms. The molecule has 0 fully saturated rings. The lowest BCUT2D eigenvalue weighted by Crippen LogP contribution is -1.59. The molecule has 1 atom stereocenters. The Labute approximate surface area is 141 Å². The Bertz CT molecular complexity index is 279. The summed E-state index contributed by atoms with van der Waals surface area (Å²) in [4.78, 5) is 0. The van der Waals surface area contributed by atoms with Gasteiger partial charge in [-0.15, -0.1) is 12.2 Å². The Balaban J connectivity index is 3.46. The zero-order valence-corrected chi connectivity index (χ0v) is 19.4. The normalized spacial score (nSPS) is 37.5. The van der Waals surface area contributed by atoms with Crippen LogP contribution in [-0.2, 0) is 0 Å². The highest BCUT2D eigenvalue weighted by molar-refractivity contribution is 14.3. The molecule has 3 nitrogen and oxygen atoms in total. The molecule has 0 aromatic rings. The summed E-state index contributed by atoms with van der Waals surface area (Å²) in [5.74, 6) is 0. The minimum atomic E-state index is -1.69. The van der Waals surface area contributed by atoms with Crippen molar-refractivity contribution in [3.8, 4) is 0 Å². The van der Waals surface area contributed by atoms with E-state index in [0.717, 1.165) is 0 Å². The topological polar surface area (TPSA) is 37.1 Å². The molecule has 0 aromatic heterocycles. The van der Waals surface area contributed by atoms with E-state index in [1.165, 1.54) is 0 Å². The van der Waals surface area contributed by atoms with Crippen molar-refractivity contribution in [2.24, 2.45) is 13.5 Å². The first-order valence-corrected chi connectivity index (χ1v) is 22.4. The van der Waals surface area contributed by atoms with Gasteiger partial charge in [-0.3, -0.25) is 0 Å². The van der Waals surface area contributed by atoms with E-state index >= 15 is 0 Å². The maximum absolute atomic E-state index is 4.65. The molecule has 72 valence electrons. The second-order valence-electron chi connectivity index (χ2n) is 1.67. The van der Waals surface area contributed by atoms with Crippen LogP contribution in [0.4, 0.5) is 0 Å². The van der Waals surface area contributed by atoms with Crippen molar-refractivity contribution in [3.63, 3.8) is 0 Å². The predicted molar refractivity (Wildman–Crippen MR) is 107 cm³/mol. The van der Waals surface area contributed by atoms with Crippen LogP contribution >= 0.6 is 131 Å². The number of halogens is 5. The van der Waals surface area contributed by atoms with Crippen LogP contribution in [-0.4, -0.2) is 0 Å². The largest absolute Gasteiger partial charge is 0.203 e. The van der Waals surface area contributed by atoms with E-state index in [4.69, 9.17) is 0 Å². The second-order valence-corrected chi connectivity index (χ2v) is 41.9. The molecule has 0 saturated carbocycles. The van der Waals surface area contributed by atoms with Gasteiger partial charge in [0.15, 0.2) is 9.03 Å². The molecular formula is HI5N3P3S. The van der Waals surface area contributed by atoms with Gasteiger partial charge in [0.2, 0.25) is 0 Å². The molecule has 1 aliphatic heterocycles. The lowest BCUT2D eigenvalue weighted by atomic mass is 13.8. The van der Waals surface area contributed by atoms with Gasteiger partial charge in [0.05, 0.1) is 0 Å². The number of nitrogens with zero attached hydrogens (tertiary/aromatic N) is 3. The Morgan fingerprint density at radius 1 is 0.750 bits per heavy atom. The molecule has 12 heteroatoms. The molecule has 0 aromatic carbocycles. The lowest BCUT2D eigenvalue weighted by Gasteiger charge is -2.19. The van der Waals surface area contributed by atoms with E-state index in [-0.39, 0.29) is 0 Å². The smallest absolute Gasteiger partial charge is 0.196 e. The van der Waals surface area contributed by atoms with Gasteiger partial charge in [-0.05, 0) is 0 Å². The predicted octanol–water partition coefficient (Wildman–Crippen LogP) is 7.94. The highest BCUT2D eigenvalue weighted by atomic mass is 127. The van der Waals surface area contributed by atoms with Gasteiger partial charge in [-0.1, -0.05) is 0 Å². The van der Waals surface area contributed by atoms with Gasteiger partial charge in [-0.25, -0.2) is 13.5 Å². The van der Waals surface area contributed by atoms with Crippen LogP contribution in [0.5, 0.6) is 0 Å². The number of hydrogen-bond donors (Lipinski definition) is 1. The van der Waals surface area contributed by atoms with Crippen LogP contribution in [0.1, 0.15) is 0 Å². The molecule has 1 unspecified atom stereocenters. The van der Waals surface area contributed by atoms with Crippen LogP contribution < -0.4 is 0 Å². The van der Waals surface area contributed by atoms with E-state index < -0.39 is 9.03 Å². The van der Waals surface area contributed by atoms with Crippen molar-refractivity contribution < 1.29 is 0 Å². The fraction of sp³-hybridized carbons (Fsp3) is 0. The fourth-order valence-corrected chi connectivity index (χ4v) is 64.4. The molecule has 1 aliphatic rings. The molecule has 0 aliphatic carbocycles. The number of hydrogen-bond acceptors (Lipinski definition) is 3. The molecule has 1 heterocycles. The summed E-state index contributed by atoms with van der Waals surface area (Å²) < 4.78 is 9.14. The van der Waals surface area contributed by atoms with E-state index in [0.29, 0.717) is 0 Å². The zero-order chi connectivity index (χ0) is 9.62. The Morgan fingerprint density at radius 2 is 1.17 bits per heavy atom. The first-order chi connectivity index (χ1) is 5.12. The second kappa shape index (κ2) is 5.13. The Hall–Kier alpha value is 4.69. The quantitative estimate of drug-likeness (QED) is 0.147. The van der Waals surface area contributed by atoms with Crippen LogP contribution in [0.2, 0.25) is 0 Å². The van der Waals surface area contributed by atoms with Crippen molar-refractivity contribution in [2.75, 3.05) is 0 Å². The molecule has 0 amide bonds. The highest BCUT2D eigenvalue weighted by Gasteiger charge is 2.27. The molecular weight excluding hydrogens is 802 g/mol. The zero-order valence-electron chi connectivity index (χ0n) is 5.02. The minimum Gasteiger partial charge on any atom is -0.203 e. The van der Waals surface area contributed by atoms with Crippen molar-refractivity contribution in [1.82, 2.24) is 0 Å². The van der Waals surface area contributed by atoms with Crippen LogP contribution in [0.25, 0.3) is 0 Å². The monoisotopic (exact) mass is 802 g/mol. The van der Waals surface area contributed by atoms with Gasteiger partial charge < -0.3 is 0 Å². The molecule has 0 bridgehead atoms. The lowest BCUT2D eigenvalue weighted by molar-refractivity contribution is 1.83.